The summed E-state index contributed by atoms with van der Waals surface area (Å²) in [7, 11) is 3.28. The van der Waals surface area contributed by atoms with Crippen molar-refractivity contribution < 1.29 is 9.59 Å². The fraction of sp³-hybridized carbons (Fsp3) is 0.333. The van der Waals surface area contributed by atoms with Crippen LogP contribution in [-0.2, 0) is 9.59 Å². The second-order valence-electron chi connectivity index (χ2n) is 7.85. The maximum atomic E-state index is 12.0. The number of hydrogen-bond acceptors (Lipinski definition) is 4. The number of nitrogens with one attached hydrogen (secondary N) is 2. The summed E-state index contributed by atoms with van der Waals surface area (Å²) in [6.07, 6.45) is 0. The van der Waals surface area contributed by atoms with E-state index in [1.807, 2.05) is 83.1 Å². The summed E-state index contributed by atoms with van der Waals surface area (Å²) in [4.78, 5) is 26.2. The van der Waals surface area contributed by atoms with Gasteiger partial charge < -0.3 is 10.6 Å². The molecule has 0 fully saturated rings. The summed E-state index contributed by atoms with van der Waals surface area (Å²) in [6, 6.07) is 15.5. The highest BCUT2D eigenvalue weighted by molar-refractivity contribution is 9.10. The van der Waals surface area contributed by atoms with Crippen LogP contribution in [0.4, 0.5) is 11.4 Å². The summed E-state index contributed by atoms with van der Waals surface area (Å²) in [5, 5.41) is 5.80. The molecular weight excluding hydrogens is 456 g/mol. The number of carbonyl (C=O) groups excluding carboxylic acids is 2. The molecule has 0 aliphatic carbocycles. The first-order chi connectivity index (χ1) is 12.9. The van der Waals surface area contributed by atoms with Crippen LogP contribution in [0.15, 0.2) is 58.3 Å². The third-order valence-corrected chi connectivity index (χ3v) is 6.46. The minimum absolute atomic E-state index is 0.00208. The van der Waals surface area contributed by atoms with Gasteiger partial charge in [-0.2, -0.15) is 0 Å². The Labute approximate surface area is 183 Å². The lowest BCUT2D eigenvalue weighted by Gasteiger charge is -2.17. The minimum atomic E-state index is -0.602. The van der Waals surface area contributed by atoms with Gasteiger partial charge in [-0.05, 0) is 62.4 Å². The monoisotopic (exact) mass is 480 g/mol. The Balaban J connectivity index is 1.88. The lowest BCUT2D eigenvalue weighted by atomic mass is 9.95. The van der Waals surface area contributed by atoms with Gasteiger partial charge in [0.2, 0.25) is 11.8 Å². The van der Waals surface area contributed by atoms with Crippen molar-refractivity contribution >= 4 is 60.7 Å². The van der Waals surface area contributed by atoms with Gasteiger partial charge in [-0.25, -0.2) is 0 Å². The number of rotatable bonds is 6. The first-order valence-corrected chi connectivity index (χ1v) is 11.8. The highest BCUT2D eigenvalue weighted by atomic mass is 79.9. The molecule has 2 aromatic rings. The van der Waals surface area contributed by atoms with Crippen LogP contribution in [0.2, 0.25) is 0 Å². The van der Waals surface area contributed by atoms with E-state index in [2.05, 4.69) is 26.6 Å². The topological polar surface area (TPSA) is 58.2 Å². The smallest absolute Gasteiger partial charge is 0.240 e. The van der Waals surface area contributed by atoms with E-state index in [1.165, 1.54) is 0 Å². The number of halogens is 1. The molecule has 0 heterocycles. The number of anilines is 2. The van der Waals surface area contributed by atoms with E-state index in [0.717, 1.165) is 21.2 Å². The molecular formula is C21H25BrN2O2S2. The molecule has 2 aromatic carbocycles. The third kappa shape index (κ3) is 7.18. The molecule has 0 aromatic heterocycles. The summed E-state index contributed by atoms with van der Waals surface area (Å²) in [6.45, 7) is 9.29. The third-order valence-electron chi connectivity index (χ3n) is 3.68. The fourth-order valence-electron chi connectivity index (χ4n) is 1.88. The molecule has 4 nitrogen and oxygen atoms in total. The van der Waals surface area contributed by atoms with Crippen molar-refractivity contribution in [2.24, 2.45) is 5.41 Å². The predicted octanol–water partition coefficient (Wildman–Crippen LogP) is 6.58. The van der Waals surface area contributed by atoms with E-state index in [-0.39, 0.29) is 11.8 Å². The van der Waals surface area contributed by atoms with E-state index in [1.54, 1.807) is 21.6 Å². The summed E-state index contributed by atoms with van der Waals surface area (Å²) < 4.78 is -0.602. The normalized spacial score (nSPS) is 11.8. The lowest BCUT2D eigenvalue weighted by Crippen LogP contribution is -2.30. The zero-order valence-electron chi connectivity index (χ0n) is 16.6. The molecule has 7 heteroatoms. The van der Waals surface area contributed by atoms with Crippen molar-refractivity contribution in [3.8, 4) is 0 Å². The molecule has 0 atom stereocenters. The van der Waals surface area contributed by atoms with E-state index < -0.39 is 9.74 Å². The van der Waals surface area contributed by atoms with Crippen LogP contribution >= 0.6 is 37.5 Å². The van der Waals surface area contributed by atoms with E-state index >= 15 is 0 Å². The maximum absolute atomic E-state index is 12.0. The van der Waals surface area contributed by atoms with Gasteiger partial charge in [0.25, 0.3) is 0 Å². The quantitative estimate of drug-likeness (QED) is 0.361. The molecule has 0 spiro atoms. The van der Waals surface area contributed by atoms with Crippen molar-refractivity contribution in [1.82, 2.24) is 0 Å². The Kier molecular flexibility index (Phi) is 7.65. The van der Waals surface area contributed by atoms with Crippen LogP contribution in [0.3, 0.4) is 0 Å². The fourth-order valence-corrected chi connectivity index (χ4v) is 3.91. The summed E-state index contributed by atoms with van der Waals surface area (Å²) in [5.74, 6) is -0.0846. The molecule has 0 aliphatic heterocycles. The second-order valence-corrected chi connectivity index (χ2v) is 12.1. The first-order valence-electron chi connectivity index (χ1n) is 8.81. The molecule has 0 bridgehead atoms. The number of carbonyl (C=O) groups is 2. The number of alkyl halides is 1. The van der Waals surface area contributed by atoms with Crippen LogP contribution in [0.25, 0.3) is 0 Å². The highest BCUT2D eigenvalue weighted by Gasteiger charge is 2.23. The largest absolute Gasteiger partial charge is 0.326 e. The van der Waals surface area contributed by atoms with Crippen LogP contribution in [0, 0.1) is 5.41 Å². The SMILES string of the molecule is CC(C)(C)C(=O)Nc1ccc(SSc2ccc(NC(=O)C(C)(C)Br)cc2)cc1. The lowest BCUT2D eigenvalue weighted by molar-refractivity contribution is -0.123. The van der Waals surface area contributed by atoms with Crippen LogP contribution in [-0.4, -0.2) is 16.1 Å². The molecule has 0 unspecified atom stereocenters. The Morgan fingerprint density at radius 2 is 1.07 bits per heavy atom. The van der Waals surface area contributed by atoms with Gasteiger partial charge >= 0.3 is 0 Å². The molecule has 0 aliphatic rings. The van der Waals surface area contributed by atoms with Crippen LogP contribution in [0.1, 0.15) is 34.6 Å². The second kappa shape index (κ2) is 9.37. The van der Waals surface area contributed by atoms with Crippen molar-refractivity contribution in [2.75, 3.05) is 10.6 Å². The van der Waals surface area contributed by atoms with Crippen molar-refractivity contribution in [2.45, 2.75) is 48.7 Å². The van der Waals surface area contributed by atoms with Crippen molar-refractivity contribution in [1.29, 1.82) is 0 Å². The van der Waals surface area contributed by atoms with Gasteiger partial charge in [0.1, 0.15) is 0 Å². The zero-order valence-corrected chi connectivity index (χ0v) is 19.8. The molecule has 0 saturated carbocycles. The Hall–Kier alpha value is -1.44. The van der Waals surface area contributed by atoms with E-state index in [0.29, 0.717) is 0 Å². The van der Waals surface area contributed by atoms with Gasteiger partial charge in [-0.15, -0.1) is 0 Å². The van der Waals surface area contributed by atoms with E-state index in [9.17, 15) is 9.59 Å². The van der Waals surface area contributed by atoms with Gasteiger partial charge in [-0.1, -0.05) is 58.3 Å². The highest BCUT2D eigenvalue weighted by Crippen LogP contribution is 2.38. The number of hydrogen-bond donors (Lipinski definition) is 2. The van der Waals surface area contributed by atoms with E-state index in [4.69, 9.17) is 0 Å². The molecule has 0 saturated heterocycles. The van der Waals surface area contributed by atoms with Gasteiger partial charge in [0.15, 0.2) is 0 Å². The molecule has 150 valence electrons. The number of benzene rings is 2. The minimum Gasteiger partial charge on any atom is -0.326 e. The Morgan fingerprint density at radius 1 is 0.714 bits per heavy atom. The number of amides is 2. The summed E-state index contributed by atoms with van der Waals surface area (Å²) in [5.41, 5.74) is 1.15. The molecule has 28 heavy (non-hydrogen) atoms. The van der Waals surface area contributed by atoms with Gasteiger partial charge in [0, 0.05) is 26.6 Å². The average molecular weight is 481 g/mol. The average Bonchev–Trinajstić information content (AvgIpc) is 2.60. The maximum Gasteiger partial charge on any atom is 0.240 e. The first kappa shape index (κ1) is 22.8. The van der Waals surface area contributed by atoms with Crippen LogP contribution < -0.4 is 10.6 Å². The van der Waals surface area contributed by atoms with Crippen molar-refractivity contribution in [3.05, 3.63) is 48.5 Å². The molecule has 0 radical (unpaired) electrons. The summed E-state index contributed by atoms with van der Waals surface area (Å²) >= 11 is 3.35. The Morgan fingerprint density at radius 3 is 1.39 bits per heavy atom. The predicted molar refractivity (Wildman–Crippen MR) is 124 cm³/mol. The van der Waals surface area contributed by atoms with Gasteiger partial charge in [-0.3, -0.25) is 9.59 Å². The zero-order chi connectivity index (χ0) is 20.9. The molecule has 2 rings (SSSR count). The van der Waals surface area contributed by atoms with Gasteiger partial charge in [0.05, 0.1) is 4.32 Å². The molecule has 2 N–H and O–H groups in total. The standard InChI is InChI=1S/C21H25BrN2O2S2/c1-20(2,3)18(25)23-14-6-10-16(11-7-14)27-28-17-12-8-15(9-13-17)24-19(26)21(4,5)22/h6-13H,1-5H3,(H,23,25)(H,24,26). The van der Waals surface area contributed by atoms with Crippen molar-refractivity contribution in [3.63, 3.8) is 0 Å². The van der Waals surface area contributed by atoms with Crippen LogP contribution in [0.5, 0.6) is 0 Å². The Bertz CT molecular complexity index is 752. The molecule has 2 amide bonds.